The Kier molecular flexibility index (Phi) is 2.34. The fourth-order valence-electron chi connectivity index (χ4n) is 3.20. The van der Waals surface area contributed by atoms with Crippen LogP contribution in [-0.4, -0.2) is 33.5 Å². The lowest BCUT2D eigenvalue weighted by Crippen LogP contribution is -2.47. The van der Waals surface area contributed by atoms with Crippen LogP contribution in [-0.2, 0) is 17.6 Å². The number of fused-ring (bicyclic) bond motifs is 2. The molecule has 2 heterocycles. The summed E-state index contributed by atoms with van der Waals surface area (Å²) < 4.78 is 0. The molecule has 1 spiro atoms. The number of carboxylic acids is 1. The number of nitrogens with one attached hydrogen (secondary N) is 2. The van der Waals surface area contributed by atoms with Crippen LogP contribution in [0.4, 0.5) is 4.79 Å². The second-order valence-corrected chi connectivity index (χ2v) is 5.66. The fourth-order valence-corrected chi connectivity index (χ4v) is 3.20. The highest BCUT2D eigenvalue weighted by atomic mass is 16.4. The van der Waals surface area contributed by atoms with Crippen LogP contribution in [0.5, 0.6) is 0 Å². The Morgan fingerprint density at radius 3 is 2.55 bits per heavy atom. The highest BCUT2D eigenvalue weighted by Gasteiger charge is 2.50. The number of hydrogen-bond donors (Lipinski definition) is 3. The molecule has 0 saturated carbocycles. The van der Waals surface area contributed by atoms with Gasteiger partial charge in [0.1, 0.15) is 11.2 Å². The minimum Gasteiger partial charge on any atom is -0.477 e. The van der Waals surface area contributed by atoms with E-state index in [1.165, 1.54) is 6.07 Å². The molecule has 4 rings (SSSR count). The van der Waals surface area contributed by atoms with E-state index in [0.29, 0.717) is 18.4 Å². The summed E-state index contributed by atoms with van der Waals surface area (Å²) in [6, 6.07) is 6.36. The molecule has 22 heavy (non-hydrogen) atoms. The minimum absolute atomic E-state index is 0.0212. The molecule has 0 bridgehead atoms. The van der Waals surface area contributed by atoms with Gasteiger partial charge < -0.3 is 10.4 Å². The predicted molar refractivity (Wildman–Crippen MR) is 75.5 cm³/mol. The lowest BCUT2D eigenvalue weighted by molar-refractivity contribution is -0.123. The van der Waals surface area contributed by atoms with E-state index in [2.05, 4.69) is 15.6 Å². The molecule has 1 unspecified atom stereocenters. The quantitative estimate of drug-likeness (QED) is 0.668. The van der Waals surface area contributed by atoms with E-state index in [1.807, 2.05) is 6.07 Å². The first-order valence-corrected chi connectivity index (χ1v) is 6.76. The number of imide groups is 1. The predicted octanol–water partition coefficient (Wildman–Crippen LogP) is 0.610. The van der Waals surface area contributed by atoms with Crippen LogP contribution in [0.15, 0.2) is 24.3 Å². The molecule has 1 saturated heterocycles. The maximum absolute atomic E-state index is 12.0. The molecule has 7 nitrogen and oxygen atoms in total. The Labute approximate surface area is 124 Å². The van der Waals surface area contributed by atoms with Crippen LogP contribution >= 0.6 is 0 Å². The third-order valence-corrected chi connectivity index (χ3v) is 4.23. The van der Waals surface area contributed by atoms with Crippen molar-refractivity contribution >= 4 is 28.8 Å². The van der Waals surface area contributed by atoms with Crippen molar-refractivity contribution in [2.75, 3.05) is 0 Å². The van der Waals surface area contributed by atoms with Crippen LogP contribution in [0.2, 0.25) is 0 Å². The number of aromatic nitrogens is 1. The monoisotopic (exact) mass is 297 g/mol. The maximum atomic E-state index is 12.0. The average Bonchev–Trinajstić information content (AvgIpc) is 2.94. The van der Waals surface area contributed by atoms with Crippen molar-refractivity contribution < 1.29 is 19.5 Å². The Morgan fingerprint density at radius 1 is 1.18 bits per heavy atom. The summed E-state index contributed by atoms with van der Waals surface area (Å²) in [4.78, 5) is 38.5. The summed E-state index contributed by atoms with van der Waals surface area (Å²) in [7, 11) is 0. The largest absolute Gasteiger partial charge is 0.477 e. The average molecular weight is 297 g/mol. The van der Waals surface area contributed by atoms with Crippen molar-refractivity contribution in [3.8, 4) is 0 Å². The first-order chi connectivity index (χ1) is 10.5. The summed E-state index contributed by atoms with van der Waals surface area (Å²) in [5, 5.41) is 14.8. The number of pyridine rings is 1. The highest BCUT2D eigenvalue weighted by molar-refractivity contribution is 6.08. The fraction of sp³-hybridized carbons (Fsp3) is 0.200. The van der Waals surface area contributed by atoms with Gasteiger partial charge in [0.25, 0.3) is 5.91 Å². The van der Waals surface area contributed by atoms with E-state index in [1.54, 1.807) is 12.1 Å². The van der Waals surface area contributed by atoms with Gasteiger partial charge in [-0.2, -0.15) is 0 Å². The van der Waals surface area contributed by atoms with E-state index in [-0.39, 0.29) is 11.6 Å². The van der Waals surface area contributed by atoms with Gasteiger partial charge in [-0.15, -0.1) is 0 Å². The topological polar surface area (TPSA) is 108 Å². The highest BCUT2D eigenvalue weighted by Crippen LogP contribution is 2.34. The first-order valence-electron chi connectivity index (χ1n) is 6.76. The second kappa shape index (κ2) is 4.03. The molecular weight excluding hydrogens is 286 g/mol. The molecule has 1 aromatic heterocycles. The molecule has 3 N–H and O–H groups in total. The Bertz CT molecular complexity index is 876. The summed E-state index contributed by atoms with van der Waals surface area (Å²) >= 11 is 0. The molecule has 2 aromatic rings. The van der Waals surface area contributed by atoms with Crippen LogP contribution in [0.3, 0.4) is 0 Å². The third kappa shape index (κ3) is 1.68. The number of aromatic carboxylic acids is 1. The Balaban J connectivity index is 1.81. The standard InChI is InChI=1S/C15H11N3O4/c19-12(20)10-2-1-7-3-8-5-15(13(21)17-14(22)18-15)6-9(8)4-11(7)16-10/h1-4H,5-6H2,(H,19,20)(H2,17,18,21,22). The number of rotatable bonds is 1. The normalized spacial score (nSPS) is 22.7. The van der Waals surface area contributed by atoms with Gasteiger partial charge in [-0.05, 0) is 29.3 Å². The molecule has 0 radical (unpaired) electrons. The van der Waals surface area contributed by atoms with Crippen LogP contribution in [0, 0.1) is 0 Å². The zero-order chi connectivity index (χ0) is 15.5. The molecule has 1 aromatic carbocycles. The number of carbonyl (C=O) groups is 3. The number of urea groups is 1. The number of amides is 3. The van der Waals surface area contributed by atoms with Crippen molar-refractivity contribution in [3.63, 3.8) is 0 Å². The third-order valence-electron chi connectivity index (χ3n) is 4.23. The van der Waals surface area contributed by atoms with E-state index >= 15 is 0 Å². The van der Waals surface area contributed by atoms with E-state index < -0.39 is 17.5 Å². The summed E-state index contributed by atoms with van der Waals surface area (Å²) in [6.07, 6.45) is 0.811. The number of hydrogen-bond acceptors (Lipinski definition) is 4. The molecule has 3 amide bonds. The van der Waals surface area contributed by atoms with Crippen molar-refractivity contribution in [1.82, 2.24) is 15.6 Å². The molecule has 1 fully saturated rings. The van der Waals surface area contributed by atoms with Gasteiger partial charge >= 0.3 is 12.0 Å². The summed E-state index contributed by atoms with van der Waals surface area (Å²) in [5.41, 5.74) is 1.49. The van der Waals surface area contributed by atoms with Gasteiger partial charge in [0.15, 0.2) is 0 Å². The van der Waals surface area contributed by atoms with E-state index in [4.69, 9.17) is 5.11 Å². The van der Waals surface area contributed by atoms with E-state index in [9.17, 15) is 14.4 Å². The zero-order valence-corrected chi connectivity index (χ0v) is 11.3. The van der Waals surface area contributed by atoms with Crippen LogP contribution < -0.4 is 10.6 Å². The Morgan fingerprint density at radius 2 is 1.91 bits per heavy atom. The number of carbonyl (C=O) groups excluding carboxylic acids is 2. The lowest BCUT2D eigenvalue weighted by atomic mass is 9.96. The van der Waals surface area contributed by atoms with Gasteiger partial charge in [0.05, 0.1) is 5.52 Å². The first kappa shape index (κ1) is 12.8. The molecular formula is C15H11N3O4. The van der Waals surface area contributed by atoms with Crippen LogP contribution in [0.25, 0.3) is 10.9 Å². The molecule has 1 aliphatic heterocycles. The lowest BCUT2D eigenvalue weighted by Gasteiger charge is -2.18. The molecule has 110 valence electrons. The molecule has 2 aliphatic rings. The second-order valence-electron chi connectivity index (χ2n) is 5.66. The van der Waals surface area contributed by atoms with Crippen molar-refractivity contribution in [3.05, 3.63) is 41.1 Å². The van der Waals surface area contributed by atoms with Gasteiger partial charge in [-0.1, -0.05) is 6.07 Å². The van der Waals surface area contributed by atoms with Gasteiger partial charge in [-0.25, -0.2) is 14.6 Å². The van der Waals surface area contributed by atoms with Crippen molar-refractivity contribution in [1.29, 1.82) is 0 Å². The van der Waals surface area contributed by atoms with Gasteiger partial charge in [0.2, 0.25) is 0 Å². The zero-order valence-electron chi connectivity index (χ0n) is 11.3. The Hall–Kier alpha value is -2.96. The minimum atomic E-state index is -1.08. The summed E-state index contributed by atoms with van der Waals surface area (Å²) in [6.45, 7) is 0. The smallest absolute Gasteiger partial charge is 0.354 e. The maximum Gasteiger partial charge on any atom is 0.354 e. The number of nitrogens with zero attached hydrogens (tertiary/aromatic N) is 1. The molecule has 1 atom stereocenters. The van der Waals surface area contributed by atoms with Crippen LogP contribution in [0.1, 0.15) is 21.6 Å². The van der Waals surface area contributed by atoms with Gasteiger partial charge in [0, 0.05) is 18.2 Å². The summed E-state index contributed by atoms with van der Waals surface area (Å²) in [5.74, 6) is -1.40. The molecule has 1 aliphatic carbocycles. The SMILES string of the molecule is O=C1NC(=O)C2(Cc3cc4ccc(C(=O)O)nc4cc3C2)N1. The number of carboxylic acid groups (broad SMARTS) is 1. The van der Waals surface area contributed by atoms with E-state index in [0.717, 1.165) is 16.5 Å². The van der Waals surface area contributed by atoms with Gasteiger partial charge in [-0.3, -0.25) is 10.1 Å². The number of benzene rings is 1. The van der Waals surface area contributed by atoms with Crippen molar-refractivity contribution in [2.24, 2.45) is 0 Å². The molecule has 7 heteroatoms. The van der Waals surface area contributed by atoms with Crippen molar-refractivity contribution in [2.45, 2.75) is 18.4 Å².